The Balaban J connectivity index is 1.68. The van der Waals surface area contributed by atoms with Crippen LogP contribution in [-0.4, -0.2) is 40.0 Å². The molecule has 1 aromatic rings. The minimum Gasteiger partial charge on any atom is -0.350 e. The fourth-order valence-corrected chi connectivity index (χ4v) is 3.01. The van der Waals surface area contributed by atoms with Gasteiger partial charge in [-0.15, -0.1) is 0 Å². The predicted molar refractivity (Wildman–Crippen MR) is 66.4 cm³/mol. The Morgan fingerprint density at radius 3 is 2.88 bits per heavy atom. The first-order valence-corrected chi connectivity index (χ1v) is 6.60. The summed E-state index contributed by atoms with van der Waals surface area (Å²) in [5.41, 5.74) is 0. The van der Waals surface area contributed by atoms with Gasteiger partial charge >= 0.3 is 0 Å². The molecule has 1 N–H and O–H groups in total. The normalized spacial score (nSPS) is 29.3. The van der Waals surface area contributed by atoms with Crippen molar-refractivity contribution in [2.45, 2.75) is 31.3 Å². The van der Waals surface area contributed by atoms with E-state index < -0.39 is 0 Å². The van der Waals surface area contributed by atoms with Crippen molar-refractivity contribution in [1.82, 2.24) is 14.9 Å². The Hall–Kier alpha value is -0.680. The van der Waals surface area contributed by atoms with Crippen LogP contribution in [0.1, 0.15) is 19.3 Å². The van der Waals surface area contributed by atoms with Crippen LogP contribution in [0.15, 0.2) is 16.9 Å². The largest absolute Gasteiger partial charge is 0.350 e. The molecule has 16 heavy (non-hydrogen) atoms. The quantitative estimate of drug-likeness (QED) is 0.900. The molecule has 2 saturated heterocycles. The molecule has 5 heteroatoms. The Labute approximate surface area is 104 Å². The highest BCUT2D eigenvalue weighted by molar-refractivity contribution is 9.10. The number of aromatic nitrogens is 2. The molecule has 3 heterocycles. The zero-order chi connectivity index (χ0) is 11.0. The highest BCUT2D eigenvalue weighted by Crippen LogP contribution is 2.29. The number of nitrogens with one attached hydrogen (secondary N) is 1. The summed E-state index contributed by atoms with van der Waals surface area (Å²) in [6.07, 6.45) is 7.44. The van der Waals surface area contributed by atoms with Gasteiger partial charge in [-0.05, 0) is 41.7 Å². The van der Waals surface area contributed by atoms with Crippen LogP contribution in [0.2, 0.25) is 0 Å². The summed E-state index contributed by atoms with van der Waals surface area (Å²) in [4.78, 5) is 11.1. The van der Waals surface area contributed by atoms with Crippen molar-refractivity contribution in [2.75, 3.05) is 18.4 Å². The third-order valence-electron chi connectivity index (χ3n) is 3.54. The van der Waals surface area contributed by atoms with Crippen molar-refractivity contribution < 1.29 is 0 Å². The van der Waals surface area contributed by atoms with Gasteiger partial charge in [0, 0.05) is 31.0 Å². The maximum atomic E-state index is 4.27. The highest BCUT2D eigenvalue weighted by atomic mass is 79.9. The van der Waals surface area contributed by atoms with E-state index in [1.54, 1.807) is 12.4 Å². The Kier molecular flexibility index (Phi) is 2.81. The van der Waals surface area contributed by atoms with Gasteiger partial charge in [0.2, 0.25) is 5.95 Å². The van der Waals surface area contributed by atoms with Gasteiger partial charge in [0.1, 0.15) is 0 Å². The van der Waals surface area contributed by atoms with E-state index in [4.69, 9.17) is 0 Å². The first-order chi connectivity index (χ1) is 7.83. The van der Waals surface area contributed by atoms with Crippen LogP contribution < -0.4 is 5.32 Å². The van der Waals surface area contributed by atoms with E-state index >= 15 is 0 Å². The number of fused-ring (bicyclic) bond motifs is 1. The molecule has 3 rings (SSSR count). The lowest BCUT2D eigenvalue weighted by atomic mass is 10.1. The summed E-state index contributed by atoms with van der Waals surface area (Å²) in [6, 6.07) is 1.23. The van der Waals surface area contributed by atoms with E-state index in [1.165, 1.54) is 32.4 Å². The second kappa shape index (κ2) is 4.30. The molecule has 0 saturated carbocycles. The molecule has 0 radical (unpaired) electrons. The van der Waals surface area contributed by atoms with Crippen LogP contribution in [0.5, 0.6) is 0 Å². The number of nitrogens with zero attached hydrogens (tertiary/aromatic N) is 3. The van der Waals surface area contributed by atoms with Crippen LogP contribution in [0, 0.1) is 0 Å². The van der Waals surface area contributed by atoms with Gasteiger partial charge in [-0.2, -0.15) is 0 Å². The summed E-state index contributed by atoms with van der Waals surface area (Å²) in [7, 11) is 0. The summed E-state index contributed by atoms with van der Waals surface area (Å²) in [5, 5.41) is 3.45. The van der Waals surface area contributed by atoms with E-state index in [2.05, 4.69) is 36.1 Å². The molecule has 2 unspecified atom stereocenters. The van der Waals surface area contributed by atoms with Gasteiger partial charge in [-0.25, -0.2) is 9.97 Å². The maximum Gasteiger partial charge on any atom is 0.222 e. The van der Waals surface area contributed by atoms with Crippen LogP contribution >= 0.6 is 15.9 Å². The van der Waals surface area contributed by atoms with E-state index in [0.29, 0.717) is 12.1 Å². The molecule has 2 aliphatic rings. The van der Waals surface area contributed by atoms with E-state index in [1.807, 2.05) is 0 Å². The fourth-order valence-electron chi connectivity index (χ4n) is 2.80. The fraction of sp³-hybridized carbons (Fsp3) is 0.636. The van der Waals surface area contributed by atoms with Crippen LogP contribution in [0.4, 0.5) is 5.95 Å². The van der Waals surface area contributed by atoms with Crippen LogP contribution in [0.3, 0.4) is 0 Å². The molecule has 1 aromatic heterocycles. The van der Waals surface area contributed by atoms with E-state index in [0.717, 1.165) is 10.4 Å². The minimum atomic E-state index is 0.531. The van der Waals surface area contributed by atoms with Crippen molar-refractivity contribution in [2.24, 2.45) is 0 Å². The van der Waals surface area contributed by atoms with Gasteiger partial charge in [0.25, 0.3) is 0 Å². The Bertz CT molecular complexity index is 367. The molecule has 0 spiro atoms. The molecule has 2 aliphatic heterocycles. The highest BCUT2D eigenvalue weighted by Gasteiger charge is 2.37. The second-order valence-corrected chi connectivity index (χ2v) is 5.43. The van der Waals surface area contributed by atoms with Gasteiger partial charge in [0.05, 0.1) is 4.47 Å². The molecule has 86 valence electrons. The summed E-state index contributed by atoms with van der Waals surface area (Å²) in [5.74, 6) is 0.752. The summed E-state index contributed by atoms with van der Waals surface area (Å²) in [6.45, 7) is 2.49. The Morgan fingerprint density at radius 1 is 1.25 bits per heavy atom. The third-order valence-corrected chi connectivity index (χ3v) is 3.95. The maximum absolute atomic E-state index is 4.27. The number of halogens is 1. The zero-order valence-electron chi connectivity index (χ0n) is 9.06. The molecule has 2 atom stereocenters. The van der Waals surface area contributed by atoms with E-state index in [-0.39, 0.29) is 0 Å². The van der Waals surface area contributed by atoms with Crippen LogP contribution in [0.25, 0.3) is 0 Å². The number of hydrogen-bond acceptors (Lipinski definition) is 4. The van der Waals surface area contributed by atoms with E-state index in [9.17, 15) is 0 Å². The lowest BCUT2D eigenvalue weighted by Gasteiger charge is -2.20. The molecular weight excluding hydrogens is 268 g/mol. The van der Waals surface area contributed by atoms with Gasteiger partial charge < -0.3 is 5.32 Å². The van der Waals surface area contributed by atoms with Gasteiger partial charge in [0.15, 0.2) is 0 Å². The number of rotatable bonds is 2. The molecular formula is C11H15BrN4. The topological polar surface area (TPSA) is 41.1 Å². The van der Waals surface area contributed by atoms with Gasteiger partial charge in [-0.3, -0.25) is 4.90 Å². The average molecular weight is 283 g/mol. The monoisotopic (exact) mass is 282 g/mol. The first-order valence-electron chi connectivity index (χ1n) is 5.81. The smallest absolute Gasteiger partial charge is 0.222 e. The van der Waals surface area contributed by atoms with Crippen molar-refractivity contribution in [1.29, 1.82) is 0 Å². The molecule has 4 nitrogen and oxygen atoms in total. The molecule has 0 aromatic carbocycles. The average Bonchev–Trinajstić information content (AvgIpc) is 2.86. The first kappa shape index (κ1) is 10.5. The molecule has 2 fully saturated rings. The zero-order valence-corrected chi connectivity index (χ0v) is 10.7. The lowest BCUT2D eigenvalue weighted by Crippen LogP contribution is -2.34. The molecule has 0 amide bonds. The second-order valence-electron chi connectivity index (χ2n) is 4.51. The van der Waals surface area contributed by atoms with Crippen molar-refractivity contribution in [3.63, 3.8) is 0 Å². The Morgan fingerprint density at radius 2 is 2.06 bits per heavy atom. The van der Waals surface area contributed by atoms with Gasteiger partial charge in [-0.1, -0.05) is 0 Å². The van der Waals surface area contributed by atoms with Crippen molar-refractivity contribution in [3.8, 4) is 0 Å². The van der Waals surface area contributed by atoms with Crippen LogP contribution in [-0.2, 0) is 0 Å². The number of hydrogen-bond donors (Lipinski definition) is 1. The predicted octanol–water partition coefficient (Wildman–Crippen LogP) is 1.89. The van der Waals surface area contributed by atoms with Crippen molar-refractivity contribution in [3.05, 3.63) is 16.9 Å². The lowest BCUT2D eigenvalue weighted by molar-refractivity contribution is 0.318. The standard InChI is InChI=1S/C11H15BrN4/c12-8-6-13-11(14-7-8)15-9-3-5-16-4-1-2-10(9)16/h6-7,9-10H,1-5H2,(H,13,14,15). The minimum absolute atomic E-state index is 0.531. The molecule has 0 bridgehead atoms. The molecule has 0 aliphatic carbocycles. The summed E-state index contributed by atoms with van der Waals surface area (Å²) < 4.78 is 0.923. The summed E-state index contributed by atoms with van der Waals surface area (Å²) >= 11 is 3.34. The SMILES string of the molecule is Brc1cnc(NC2CCN3CCCC23)nc1. The number of anilines is 1. The van der Waals surface area contributed by atoms with Crippen molar-refractivity contribution >= 4 is 21.9 Å². The third kappa shape index (κ3) is 1.94.